The van der Waals surface area contributed by atoms with Crippen LogP contribution < -0.4 is 20.3 Å². The lowest BCUT2D eigenvalue weighted by atomic mass is 10.2. The van der Waals surface area contributed by atoms with Gasteiger partial charge in [0.05, 0.1) is 18.3 Å². The van der Waals surface area contributed by atoms with Gasteiger partial charge in [-0.15, -0.1) is 0 Å². The molecule has 0 radical (unpaired) electrons. The number of carbonyl (C=O) groups is 1. The van der Waals surface area contributed by atoms with Gasteiger partial charge in [0.25, 0.3) is 5.91 Å². The van der Waals surface area contributed by atoms with Crippen LogP contribution in [0.15, 0.2) is 24.3 Å². The number of rotatable bonds is 5. The second-order valence-corrected chi connectivity index (χ2v) is 6.68. The molecule has 2 N–H and O–H groups in total. The summed E-state index contributed by atoms with van der Waals surface area (Å²) < 4.78 is 11.5. The van der Waals surface area contributed by atoms with Gasteiger partial charge in [-0.1, -0.05) is 19.1 Å². The number of fused-ring (bicyclic) bond motifs is 1. The van der Waals surface area contributed by atoms with Gasteiger partial charge in [0, 0.05) is 19.7 Å². The van der Waals surface area contributed by atoms with Crippen molar-refractivity contribution in [2.24, 2.45) is 0 Å². The van der Waals surface area contributed by atoms with Crippen LogP contribution in [0.25, 0.3) is 0 Å². The first-order valence-corrected chi connectivity index (χ1v) is 9.30. The average Bonchev–Trinajstić information content (AvgIpc) is 3.16. The lowest BCUT2D eigenvalue weighted by Crippen LogP contribution is -2.53. The van der Waals surface area contributed by atoms with E-state index in [2.05, 4.69) is 10.6 Å². The third kappa shape index (κ3) is 4.41. The maximum absolute atomic E-state index is 12.4. The SMILES string of the molecule is CCCNC(=O)[C@H]1CN(C(=S)NC[C@@H]2CCCO2)c2ccccc2O1. The van der Waals surface area contributed by atoms with Crippen molar-refractivity contribution in [1.82, 2.24) is 10.6 Å². The van der Waals surface area contributed by atoms with E-state index in [9.17, 15) is 4.79 Å². The van der Waals surface area contributed by atoms with E-state index < -0.39 is 6.10 Å². The number of anilines is 1. The van der Waals surface area contributed by atoms with Crippen molar-refractivity contribution in [3.63, 3.8) is 0 Å². The van der Waals surface area contributed by atoms with Crippen LogP contribution in [0.5, 0.6) is 5.75 Å². The summed E-state index contributed by atoms with van der Waals surface area (Å²) in [7, 11) is 0. The predicted octanol–water partition coefficient (Wildman–Crippen LogP) is 1.83. The molecule has 3 rings (SSSR count). The molecule has 1 amide bonds. The molecule has 0 aliphatic carbocycles. The number of hydrogen-bond acceptors (Lipinski definition) is 4. The molecule has 0 bridgehead atoms. The number of para-hydroxylation sites is 2. The first-order valence-electron chi connectivity index (χ1n) is 8.89. The minimum Gasteiger partial charge on any atom is -0.477 e. The molecule has 1 aromatic carbocycles. The normalized spacial score (nSPS) is 22.0. The Morgan fingerprint density at radius 2 is 2.20 bits per heavy atom. The molecule has 25 heavy (non-hydrogen) atoms. The molecule has 1 fully saturated rings. The number of nitrogens with zero attached hydrogens (tertiary/aromatic N) is 1. The summed E-state index contributed by atoms with van der Waals surface area (Å²) in [6.07, 6.45) is 2.67. The third-order valence-electron chi connectivity index (χ3n) is 4.37. The van der Waals surface area contributed by atoms with Crippen molar-refractivity contribution in [1.29, 1.82) is 0 Å². The maximum atomic E-state index is 12.4. The smallest absolute Gasteiger partial charge is 0.262 e. The van der Waals surface area contributed by atoms with E-state index >= 15 is 0 Å². The molecule has 0 unspecified atom stereocenters. The van der Waals surface area contributed by atoms with Crippen LogP contribution in [0.3, 0.4) is 0 Å². The Balaban J connectivity index is 1.69. The minimum absolute atomic E-state index is 0.108. The summed E-state index contributed by atoms with van der Waals surface area (Å²) in [5, 5.41) is 6.77. The third-order valence-corrected chi connectivity index (χ3v) is 4.73. The zero-order chi connectivity index (χ0) is 17.6. The van der Waals surface area contributed by atoms with Crippen molar-refractivity contribution in [2.75, 3.05) is 31.1 Å². The number of ether oxygens (including phenoxy) is 2. The van der Waals surface area contributed by atoms with Gasteiger partial charge in [-0.05, 0) is 43.6 Å². The van der Waals surface area contributed by atoms with Crippen LogP contribution in [-0.4, -0.2) is 49.5 Å². The molecule has 2 atom stereocenters. The van der Waals surface area contributed by atoms with Crippen LogP contribution in [0.4, 0.5) is 5.69 Å². The Hall–Kier alpha value is -1.86. The summed E-state index contributed by atoms with van der Waals surface area (Å²) in [4.78, 5) is 14.3. The number of carbonyl (C=O) groups excluding carboxylic acids is 1. The zero-order valence-corrected chi connectivity index (χ0v) is 15.3. The standard InChI is InChI=1S/C18H25N3O3S/c1-2-9-19-17(22)16-12-21(14-7-3-4-8-15(14)24-16)18(25)20-11-13-6-5-10-23-13/h3-4,7-8,13,16H,2,5-6,9-12H2,1H3,(H,19,22)(H,20,25)/t13-,16+/m0/s1. The van der Waals surface area contributed by atoms with Gasteiger partial charge < -0.3 is 25.0 Å². The maximum Gasteiger partial charge on any atom is 0.262 e. The summed E-state index contributed by atoms with van der Waals surface area (Å²) in [5.74, 6) is 0.565. The molecule has 7 heteroatoms. The van der Waals surface area contributed by atoms with Crippen LogP contribution in [0, 0.1) is 0 Å². The van der Waals surface area contributed by atoms with Gasteiger partial charge in [0.2, 0.25) is 0 Å². The Labute approximate surface area is 153 Å². The summed E-state index contributed by atoms with van der Waals surface area (Å²) in [6.45, 7) is 4.56. The highest BCUT2D eigenvalue weighted by molar-refractivity contribution is 7.80. The van der Waals surface area contributed by atoms with Crippen molar-refractivity contribution in [3.05, 3.63) is 24.3 Å². The Bertz CT molecular complexity index is 619. The molecule has 136 valence electrons. The molecule has 0 spiro atoms. The highest BCUT2D eigenvalue weighted by Crippen LogP contribution is 2.33. The molecule has 1 aromatic rings. The molecule has 1 saturated heterocycles. The topological polar surface area (TPSA) is 62.8 Å². The summed E-state index contributed by atoms with van der Waals surface area (Å²) in [5.41, 5.74) is 0.881. The largest absolute Gasteiger partial charge is 0.477 e. The van der Waals surface area contributed by atoms with Crippen LogP contribution in [-0.2, 0) is 9.53 Å². The predicted molar refractivity (Wildman–Crippen MR) is 101 cm³/mol. The van der Waals surface area contributed by atoms with E-state index in [0.717, 1.165) is 31.6 Å². The van der Waals surface area contributed by atoms with Crippen molar-refractivity contribution in [2.45, 2.75) is 38.4 Å². The molecule has 2 aliphatic heterocycles. The molecule has 2 heterocycles. The molecule has 6 nitrogen and oxygen atoms in total. The van der Waals surface area contributed by atoms with Gasteiger partial charge in [0.15, 0.2) is 11.2 Å². The van der Waals surface area contributed by atoms with Gasteiger partial charge >= 0.3 is 0 Å². The Morgan fingerprint density at radius 1 is 1.36 bits per heavy atom. The first kappa shape index (κ1) is 17.9. The Kier molecular flexibility index (Phi) is 6.09. The second kappa shape index (κ2) is 8.49. The summed E-state index contributed by atoms with van der Waals surface area (Å²) >= 11 is 5.58. The highest BCUT2D eigenvalue weighted by Gasteiger charge is 2.32. The fourth-order valence-corrected chi connectivity index (χ4v) is 3.28. The van der Waals surface area contributed by atoms with Crippen LogP contribution in [0.1, 0.15) is 26.2 Å². The molecular formula is C18H25N3O3S. The van der Waals surface area contributed by atoms with Crippen molar-refractivity contribution >= 4 is 28.9 Å². The van der Waals surface area contributed by atoms with E-state index in [0.29, 0.717) is 30.5 Å². The van der Waals surface area contributed by atoms with E-state index in [4.69, 9.17) is 21.7 Å². The zero-order valence-electron chi connectivity index (χ0n) is 14.5. The number of nitrogens with one attached hydrogen (secondary N) is 2. The van der Waals surface area contributed by atoms with E-state index in [-0.39, 0.29) is 12.0 Å². The van der Waals surface area contributed by atoms with E-state index in [1.54, 1.807) is 0 Å². The number of benzene rings is 1. The highest BCUT2D eigenvalue weighted by atomic mass is 32.1. The monoisotopic (exact) mass is 363 g/mol. The van der Waals surface area contributed by atoms with Crippen molar-refractivity contribution in [3.8, 4) is 5.75 Å². The van der Waals surface area contributed by atoms with Crippen LogP contribution in [0.2, 0.25) is 0 Å². The average molecular weight is 363 g/mol. The second-order valence-electron chi connectivity index (χ2n) is 6.30. The lowest BCUT2D eigenvalue weighted by molar-refractivity contribution is -0.127. The minimum atomic E-state index is -0.580. The first-order chi connectivity index (χ1) is 12.2. The van der Waals surface area contributed by atoms with Gasteiger partial charge in [0.1, 0.15) is 5.75 Å². The van der Waals surface area contributed by atoms with Gasteiger partial charge in [-0.2, -0.15) is 0 Å². The molecule has 0 aromatic heterocycles. The fourth-order valence-electron chi connectivity index (χ4n) is 3.03. The van der Waals surface area contributed by atoms with E-state index in [1.807, 2.05) is 36.1 Å². The molecule has 2 aliphatic rings. The molecular weight excluding hydrogens is 338 g/mol. The molecule has 0 saturated carbocycles. The van der Waals surface area contributed by atoms with Gasteiger partial charge in [-0.25, -0.2) is 0 Å². The number of amides is 1. The number of thiocarbonyl (C=S) groups is 1. The lowest BCUT2D eigenvalue weighted by Gasteiger charge is -2.36. The fraction of sp³-hybridized carbons (Fsp3) is 0.556. The van der Waals surface area contributed by atoms with E-state index in [1.165, 1.54) is 0 Å². The van der Waals surface area contributed by atoms with Crippen molar-refractivity contribution < 1.29 is 14.3 Å². The quantitative estimate of drug-likeness (QED) is 0.779. The number of hydrogen-bond donors (Lipinski definition) is 2. The summed E-state index contributed by atoms with van der Waals surface area (Å²) in [6, 6.07) is 7.65. The Morgan fingerprint density at radius 3 is 2.96 bits per heavy atom. The van der Waals surface area contributed by atoms with Gasteiger partial charge in [-0.3, -0.25) is 4.79 Å². The van der Waals surface area contributed by atoms with Crippen LogP contribution >= 0.6 is 12.2 Å².